The quantitative estimate of drug-likeness (QED) is 0.770. The highest BCUT2D eigenvalue weighted by atomic mass is 19.1. The summed E-state index contributed by atoms with van der Waals surface area (Å²) >= 11 is 0. The molecule has 3 nitrogen and oxygen atoms in total. The van der Waals surface area contributed by atoms with Crippen LogP contribution in [0.1, 0.15) is 17.5 Å². The second-order valence-corrected chi connectivity index (χ2v) is 5.29. The number of carbonyl (C=O) groups is 1. The predicted octanol–water partition coefficient (Wildman–Crippen LogP) is 3.30. The van der Waals surface area contributed by atoms with Gasteiger partial charge in [-0.3, -0.25) is 4.79 Å². The Morgan fingerprint density at radius 1 is 1.00 bits per heavy atom. The highest BCUT2D eigenvalue weighted by Crippen LogP contribution is 2.08. The normalized spacial score (nSPS) is 10.5. The van der Waals surface area contributed by atoms with E-state index in [-0.39, 0.29) is 11.7 Å². The third-order valence-electron chi connectivity index (χ3n) is 3.37. The van der Waals surface area contributed by atoms with Crippen LogP contribution in [0.2, 0.25) is 0 Å². The first kappa shape index (κ1) is 16.2. The summed E-state index contributed by atoms with van der Waals surface area (Å²) in [7, 11) is 0. The second kappa shape index (κ2) is 8.29. The van der Waals surface area contributed by atoms with Crippen LogP contribution in [0.3, 0.4) is 0 Å². The van der Waals surface area contributed by atoms with Gasteiger partial charge in [-0.25, -0.2) is 4.39 Å². The van der Waals surface area contributed by atoms with E-state index in [1.165, 1.54) is 17.7 Å². The van der Waals surface area contributed by atoms with Gasteiger partial charge in [0.2, 0.25) is 5.91 Å². The maximum atomic E-state index is 12.8. The first-order valence-electron chi connectivity index (χ1n) is 7.45. The molecule has 22 heavy (non-hydrogen) atoms. The average molecular weight is 300 g/mol. The molecule has 2 aromatic rings. The van der Waals surface area contributed by atoms with Crippen LogP contribution in [0.15, 0.2) is 48.5 Å². The second-order valence-electron chi connectivity index (χ2n) is 5.29. The Morgan fingerprint density at radius 2 is 1.68 bits per heavy atom. The molecule has 2 rings (SSSR count). The molecule has 0 aliphatic rings. The molecular formula is C18H21FN2O. The van der Waals surface area contributed by atoms with Gasteiger partial charge < -0.3 is 10.6 Å². The molecule has 0 saturated heterocycles. The van der Waals surface area contributed by atoms with Crippen molar-refractivity contribution in [2.45, 2.75) is 19.8 Å². The summed E-state index contributed by atoms with van der Waals surface area (Å²) in [6.45, 7) is 3.40. The number of benzene rings is 2. The number of nitrogens with one attached hydrogen (secondary N) is 2. The maximum absolute atomic E-state index is 12.8. The minimum absolute atomic E-state index is 0.00173. The van der Waals surface area contributed by atoms with Gasteiger partial charge in [0.15, 0.2) is 0 Å². The molecule has 2 aromatic carbocycles. The third kappa shape index (κ3) is 5.66. The van der Waals surface area contributed by atoms with Crippen molar-refractivity contribution in [3.05, 3.63) is 65.5 Å². The number of hydrogen-bond donors (Lipinski definition) is 2. The van der Waals surface area contributed by atoms with Crippen molar-refractivity contribution in [2.24, 2.45) is 0 Å². The molecule has 0 atom stereocenters. The monoisotopic (exact) mass is 300 g/mol. The molecule has 0 aliphatic carbocycles. The topological polar surface area (TPSA) is 41.1 Å². The summed E-state index contributed by atoms with van der Waals surface area (Å²) in [5, 5.41) is 6.08. The van der Waals surface area contributed by atoms with Crippen LogP contribution >= 0.6 is 0 Å². The Labute approximate surface area is 130 Å². The van der Waals surface area contributed by atoms with E-state index in [0.717, 1.165) is 24.2 Å². The van der Waals surface area contributed by atoms with Gasteiger partial charge in [0, 0.05) is 18.7 Å². The van der Waals surface area contributed by atoms with Gasteiger partial charge >= 0.3 is 0 Å². The predicted molar refractivity (Wildman–Crippen MR) is 87.4 cm³/mol. The lowest BCUT2D eigenvalue weighted by Crippen LogP contribution is -2.23. The largest absolute Gasteiger partial charge is 0.326 e. The van der Waals surface area contributed by atoms with Crippen molar-refractivity contribution in [1.29, 1.82) is 0 Å². The van der Waals surface area contributed by atoms with E-state index in [2.05, 4.69) is 10.6 Å². The number of aryl methyl sites for hydroxylation is 1. The van der Waals surface area contributed by atoms with E-state index in [0.29, 0.717) is 13.0 Å². The Morgan fingerprint density at radius 3 is 2.36 bits per heavy atom. The molecule has 0 radical (unpaired) electrons. The van der Waals surface area contributed by atoms with E-state index < -0.39 is 0 Å². The van der Waals surface area contributed by atoms with E-state index in [1.807, 2.05) is 31.2 Å². The van der Waals surface area contributed by atoms with Crippen LogP contribution in [0.4, 0.5) is 10.1 Å². The summed E-state index contributed by atoms with van der Waals surface area (Å²) in [6.07, 6.45) is 1.25. The van der Waals surface area contributed by atoms with Crippen molar-refractivity contribution in [2.75, 3.05) is 18.4 Å². The standard InChI is InChI=1S/C18H21FN2O/c1-14-2-8-17(9-3-14)21-18(22)11-13-20-12-10-15-4-6-16(19)7-5-15/h2-9,20H,10-13H2,1H3,(H,21,22). The van der Waals surface area contributed by atoms with Gasteiger partial charge in [0.1, 0.15) is 5.82 Å². The smallest absolute Gasteiger partial charge is 0.225 e. The van der Waals surface area contributed by atoms with Crippen LogP contribution in [0.5, 0.6) is 0 Å². The SMILES string of the molecule is Cc1ccc(NC(=O)CCNCCc2ccc(F)cc2)cc1. The van der Waals surface area contributed by atoms with Crippen LogP contribution in [0, 0.1) is 12.7 Å². The summed E-state index contributed by atoms with van der Waals surface area (Å²) < 4.78 is 12.8. The fourth-order valence-corrected chi connectivity index (χ4v) is 2.07. The Kier molecular flexibility index (Phi) is 6.10. The van der Waals surface area contributed by atoms with E-state index in [1.54, 1.807) is 12.1 Å². The summed E-state index contributed by atoms with van der Waals surface area (Å²) in [5.74, 6) is -0.220. The van der Waals surface area contributed by atoms with Crippen molar-refractivity contribution in [3.8, 4) is 0 Å². The van der Waals surface area contributed by atoms with Crippen molar-refractivity contribution in [3.63, 3.8) is 0 Å². The molecule has 116 valence electrons. The zero-order valence-electron chi connectivity index (χ0n) is 12.7. The molecule has 1 amide bonds. The molecule has 0 aliphatic heterocycles. The average Bonchev–Trinajstić information content (AvgIpc) is 2.51. The Hall–Kier alpha value is -2.20. The zero-order chi connectivity index (χ0) is 15.8. The van der Waals surface area contributed by atoms with Gasteiger partial charge in [0.05, 0.1) is 0 Å². The number of amides is 1. The molecule has 0 aromatic heterocycles. The van der Waals surface area contributed by atoms with Gasteiger partial charge in [-0.1, -0.05) is 29.8 Å². The van der Waals surface area contributed by atoms with Crippen molar-refractivity contribution < 1.29 is 9.18 Å². The number of rotatable bonds is 7. The van der Waals surface area contributed by atoms with E-state index >= 15 is 0 Å². The molecule has 0 bridgehead atoms. The van der Waals surface area contributed by atoms with Crippen LogP contribution in [-0.2, 0) is 11.2 Å². The molecule has 0 saturated carbocycles. The first-order chi connectivity index (χ1) is 10.6. The van der Waals surface area contributed by atoms with E-state index in [4.69, 9.17) is 0 Å². The van der Waals surface area contributed by atoms with E-state index in [9.17, 15) is 9.18 Å². The maximum Gasteiger partial charge on any atom is 0.225 e. The van der Waals surface area contributed by atoms with Crippen LogP contribution < -0.4 is 10.6 Å². The number of carbonyl (C=O) groups excluding carboxylic acids is 1. The van der Waals surface area contributed by atoms with Crippen molar-refractivity contribution in [1.82, 2.24) is 5.32 Å². The Balaban J connectivity index is 1.61. The van der Waals surface area contributed by atoms with Crippen LogP contribution in [-0.4, -0.2) is 19.0 Å². The van der Waals surface area contributed by atoms with Gasteiger partial charge in [0.25, 0.3) is 0 Å². The third-order valence-corrected chi connectivity index (χ3v) is 3.37. The lowest BCUT2D eigenvalue weighted by atomic mass is 10.1. The highest BCUT2D eigenvalue weighted by Gasteiger charge is 2.02. The first-order valence-corrected chi connectivity index (χ1v) is 7.45. The minimum atomic E-state index is -0.218. The fraction of sp³-hybridized carbons (Fsp3) is 0.278. The van der Waals surface area contributed by atoms with Crippen molar-refractivity contribution >= 4 is 11.6 Å². The zero-order valence-corrected chi connectivity index (χ0v) is 12.7. The molecule has 4 heteroatoms. The van der Waals surface area contributed by atoms with Gasteiger partial charge in [-0.2, -0.15) is 0 Å². The summed E-state index contributed by atoms with van der Waals surface area (Å²) in [4.78, 5) is 11.8. The Bertz CT molecular complexity index is 593. The molecule has 0 heterocycles. The fourth-order valence-electron chi connectivity index (χ4n) is 2.07. The number of anilines is 1. The molecule has 0 fully saturated rings. The molecule has 0 spiro atoms. The molecule has 2 N–H and O–H groups in total. The molecular weight excluding hydrogens is 279 g/mol. The molecule has 0 unspecified atom stereocenters. The summed E-state index contributed by atoms with van der Waals surface area (Å²) in [6, 6.07) is 14.2. The highest BCUT2D eigenvalue weighted by molar-refractivity contribution is 5.90. The minimum Gasteiger partial charge on any atom is -0.326 e. The number of halogens is 1. The lowest BCUT2D eigenvalue weighted by Gasteiger charge is -2.07. The van der Waals surface area contributed by atoms with Crippen LogP contribution in [0.25, 0.3) is 0 Å². The number of hydrogen-bond acceptors (Lipinski definition) is 2. The summed E-state index contributed by atoms with van der Waals surface area (Å²) in [5.41, 5.74) is 3.07. The lowest BCUT2D eigenvalue weighted by molar-refractivity contribution is -0.116. The van der Waals surface area contributed by atoms with Gasteiger partial charge in [-0.05, 0) is 49.7 Å². The van der Waals surface area contributed by atoms with Gasteiger partial charge in [-0.15, -0.1) is 0 Å².